The lowest BCUT2D eigenvalue weighted by Crippen LogP contribution is -2.13. The summed E-state index contributed by atoms with van der Waals surface area (Å²) in [6, 6.07) is 12.6. The van der Waals surface area contributed by atoms with E-state index in [0.29, 0.717) is 28.7 Å². The zero-order valence-corrected chi connectivity index (χ0v) is 13.9. The predicted molar refractivity (Wildman–Crippen MR) is 99.2 cm³/mol. The number of carboxylic acid groups (broad SMARTS) is 1. The van der Waals surface area contributed by atoms with Crippen LogP contribution in [-0.2, 0) is 17.8 Å². The van der Waals surface area contributed by atoms with Crippen molar-refractivity contribution in [3.8, 4) is 0 Å². The molecule has 3 rings (SSSR count). The molecule has 1 aromatic heterocycles. The van der Waals surface area contributed by atoms with E-state index < -0.39 is 11.9 Å². The Bertz CT molecular complexity index is 984. The number of aromatic carboxylic acids is 1. The van der Waals surface area contributed by atoms with Gasteiger partial charge in [-0.3, -0.25) is 9.78 Å². The Morgan fingerprint density at radius 2 is 1.77 bits per heavy atom. The molecule has 1 heterocycles. The molecule has 0 saturated carbocycles. The van der Waals surface area contributed by atoms with Crippen molar-refractivity contribution in [1.29, 1.82) is 0 Å². The fourth-order valence-corrected chi connectivity index (χ4v) is 2.72. The minimum absolute atomic E-state index is 0.0385. The van der Waals surface area contributed by atoms with Gasteiger partial charge in [0, 0.05) is 23.8 Å². The summed E-state index contributed by atoms with van der Waals surface area (Å²) in [5.41, 5.74) is 14.3. The van der Waals surface area contributed by atoms with Crippen molar-refractivity contribution < 1.29 is 14.7 Å². The molecule has 0 saturated heterocycles. The number of primary amides is 1. The van der Waals surface area contributed by atoms with Crippen LogP contribution < -0.4 is 16.8 Å². The Balaban J connectivity index is 2.12. The number of rotatable bonds is 6. The fourth-order valence-electron chi connectivity index (χ4n) is 2.72. The maximum Gasteiger partial charge on any atom is 0.339 e. The van der Waals surface area contributed by atoms with Crippen LogP contribution in [0.5, 0.6) is 0 Å². The number of benzene rings is 2. The van der Waals surface area contributed by atoms with E-state index in [-0.39, 0.29) is 12.0 Å². The number of nitrogens with zero attached hydrogens (tertiary/aromatic N) is 1. The van der Waals surface area contributed by atoms with Gasteiger partial charge in [0.05, 0.1) is 17.6 Å². The first-order valence-corrected chi connectivity index (χ1v) is 7.97. The van der Waals surface area contributed by atoms with Gasteiger partial charge in [-0.2, -0.15) is 0 Å². The molecule has 7 nitrogen and oxygen atoms in total. The Labute approximate surface area is 149 Å². The molecule has 7 heteroatoms. The number of hydrogen-bond donors (Lipinski definition) is 4. The molecule has 26 heavy (non-hydrogen) atoms. The van der Waals surface area contributed by atoms with Crippen LogP contribution in [0.4, 0.5) is 11.4 Å². The molecule has 0 aliphatic carbocycles. The Morgan fingerprint density at radius 3 is 2.38 bits per heavy atom. The number of carboxylic acids is 1. The van der Waals surface area contributed by atoms with Crippen LogP contribution in [0.3, 0.4) is 0 Å². The summed E-state index contributed by atoms with van der Waals surface area (Å²) >= 11 is 0. The van der Waals surface area contributed by atoms with E-state index in [0.717, 1.165) is 11.3 Å². The molecule has 0 spiro atoms. The van der Waals surface area contributed by atoms with Crippen molar-refractivity contribution in [3.05, 3.63) is 65.4 Å². The number of anilines is 2. The second-order valence-electron chi connectivity index (χ2n) is 5.87. The third-order valence-corrected chi connectivity index (χ3v) is 4.00. The maximum absolute atomic E-state index is 11.6. The number of amides is 1. The monoisotopic (exact) mass is 350 g/mol. The third kappa shape index (κ3) is 3.62. The summed E-state index contributed by atoms with van der Waals surface area (Å²) < 4.78 is 0. The Morgan fingerprint density at radius 1 is 1.08 bits per heavy atom. The highest BCUT2D eigenvalue weighted by Crippen LogP contribution is 2.30. The van der Waals surface area contributed by atoms with E-state index in [2.05, 4.69) is 10.3 Å². The number of nitrogens with two attached hydrogens (primary N) is 2. The quantitative estimate of drug-likeness (QED) is 0.539. The van der Waals surface area contributed by atoms with Gasteiger partial charge in [0.1, 0.15) is 5.56 Å². The van der Waals surface area contributed by atoms with E-state index in [1.807, 2.05) is 24.3 Å². The Kier molecular flexibility index (Phi) is 4.81. The maximum atomic E-state index is 11.6. The molecule has 0 bridgehead atoms. The summed E-state index contributed by atoms with van der Waals surface area (Å²) in [6.07, 6.45) is 1.38. The smallest absolute Gasteiger partial charge is 0.339 e. The van der Waals surface area contributed by atoms with Crippen LogP contribution in [0.2, 0.25) is 0 Å². The lowest BCUT2D eigenvalue weighted by molar-refractivity contribution is -0.117. The van der Waals surface area contributed by atoms with Crippen LogP contribution in [0.1, 0.15) is 21.5 Å². The number of fused-ring (bicyclic) bond motifs is 1. The van der Waals surface area contributed by atoms with Crippen molar-refractivity contribution in [2.24, 2.45) is 11.5 Å². The van der Waals surface area contributed by atoms with Crippen LogP contribution in [-0.4, -0.2) is 22.0 Å². The molecule has 0 aliphatic rings. The molecule has 6 N–H and O–H groups in total. The van der Waals surface area contributed by atoms with Gasteiger partial charge in [-0.15, -0.1) is 0 Å². The standard InChI is InChI=1S/C19H18N4O3/c20-9-11-1-4-13(5-2-11)23-18-14-7-12(8-17(21)24)3-6-16(14)22-10-15(18)19(25)26/h1-7,10H,8-9,20H2,(H2,21,24)(H,22,23)(H,25,26). The largest absolute Gasteiger partial charge is 0.478 e. The summed E-state index contributed by atoms with van der Waals surface area (Å²) in [4.78, 5) is 27.0. The molecule has 0 unspecified atom stereocenters. The molecular formula is C19H18N4O3. The number of aromatic nitrogens is 1. The fraction of sp³-hybridized carbons (Fsp3) is 0.105. The van der Waals surface area contributed by atoms with Gasteiger partial charge in [0.2, 0.25) is 5.91 Å². The second kappa shape index (κ2) is 7.20. The van der Waals surface area contributed by atoms with Gasteiger partial charge in [-0.25, -0.2) is 4.79 Å². The zero-order chi connectivity index (χ0) is 18.7. The lowest BCUT2D eigenvalue weighted by Gasteiger charge is -2.14. The highest BCUT2D eigenvalue weighted by molar-refractivity contribution is 6.05. The molecule has 2 aromatic carbocycles. The van der Waals surface area contributed by atoms with Crippen LogP contribution >= 0.6 is 0 Å². The van der Waals surface area contributed by atoms with Gasteiger partial charge in [0.25, 0.3) is 0 Å². The topological polar surface area (TPSA) is 131 Å². The van der Waals surface area contributed by atoms with Crippen molar-refractivity contribution in [2.45, 2.75) is 13.0 Å². The van der Waals surface area contributed by atoms with Gasteiger partial charge >= 0.3 is 5.97 Å². The third-order valence-electron chi connectivity index (χ3n) is 4.00. The zero-order valence-electron chi connectivity index (χ0n) is 13.9. The van der Waals surface area contributed by atoms with E-state index in [1.165, 1.54) is 6.20 Å². The highest BCUT2D eigenvalue weighted by atomic mass is 16.4. The van der Waals surface area contributed by atoms with Crippen LogP contribution in [0, 0.1) is 0 Å². The van der Waals surface area contributed by atoms with Crippen LogP contribution in [0.15, 0.2) is 48.7 Å². The van der Waals surface area contributed by atoms with Crippen molar-refractivity contribution in [1.82, 2.24) is 4.98 Å². The summed E-state index contributed by atoms with van der Waals surface area (Å²) in [6.45, 7) is 0.426. The number of hydrogen-bond acceptors (Lipinski definition) is 5. The lowest BCUT2D eigenvalue weighted by atomic mass is 10.0. The molecule has 0 atom stereocenters. The van der Waals surface area contributed by atoms with Crippen LogP contribution in [0.25, 0.3) is 10.9 Å². The van der Waals surface area contributed by atoms with E-state index in [1.54, 1.807) is 18.2 Å². The number of carbonyl (C=O) groups excluding carboxylic acids is 1. The second-order valence-corrected chi connectivity index (χ2v) is 5.87. The molecule has 3 aromatic rings. The highest BCUT2D eigenvalue weighted by Gasteiger charge is 2.16. The van der Waals surface area contributed by atoms with Crippen molar-refractivity contribution >= 4 is 34.2 Å². The van der Waals surface area contributed by atoms with Gasteiger partial charge in [0.15, 0.2) is 0 Å². The van der Waals surface area contributed by atoms with E-state index in [9.17, 15) is 14.7 Å². The average molecular weight is 350 g/mol. The molecule has 0 aliphatic heterocycles. The predicted octanol–water partition coefficient (Wildman–Crippen LogP) is 2.16. The van der Waals surface area contributed by atoms with E-state index >= 15 is 0 Å². The summed E-state index contributed by atoms with van der Waals surface area (Å²) in [5.74, 6) is -1.56. The minimum atomic E-state index is -1.10. The van der Waals surface area contributed by atoms with Gasteiger partial charge in [-0.1, -0.05) is 18.2 Å². The molecule has 0 radical (unpaired) electrons. The summed E-state index contributed by atoms with van der Waals surface area (Å²) in [5, 5.41) is 13.3. The first-order valence-electron chi connectivity index (χ1n) is 7.97. The normalized spacial score (nSPS) is 10.7. The number of carbonyl (C=O) groups is 2. The summed E-state index contributed by atoms with van der Waals surface area (Å²) in [7, 11) is 0. The molecule has 1 amide bonds. The van der Waals surface area contributed by atoms with E-state index in [4.69, 9.17) is 11.5 Å². The minimum Gasteiger partial charge on any atom is -0.478 e. The Hall–Kier alpha value is -3.45. The van der Waals surface area contributed by atoms with Gasteiger partial charge in [-0.05, 0) is 35.4 Å². The van der Waals surface area contributed by atoms with Crippen molar-refractivity contribution in [3.63, 3.8) is 0 Å². The average Bonchev–Trinajstić information content (AvgIpc) is 2.62. The SMILES string of the molecule is NCc1ccc(Nc2c(C(=O)O)cnc3ccc(CC(N)=O)cc23)cc1. The van der Waals surface area contributed by atoms with Crippen molar-refractivity contribution in [2.75, 3.05) is 5.32 Å². The number of nitrogens with one attached hydrogen (secondary N) is 1. The van der Waals surface area contributed by atoms with Gasteiger partial charge < -0.3 is 21.9 Å². The first-order chi connectivity index (χ1) is 12.5. The molecular weight excluding hydrogens is 332 g/mol. The molecule has 132 valence electrons. The first kappa shape index (κ1) is 17.4. The number of pyridine rings is 1. The molecule has 0 fully saturated rings.